The Morgan fingerprint density at radius 2 is 2.20 bits per heavy atom. The summed E-state index contributed by atoms with van der Waals surface area (Å²) in [7, 11) is 0. The number of terminal acetylenes is 1. The van der Waals surface area contributed by atoms with Gasteiger partial charge in [0.05, 0.1) is 0 Å². The molecule has 1 atom stereocenters. The van der Waals surface area contributed by atoms with E-state index < -0.39 is 0 Å². The Hall–Kier alpha value is -1.01. The summed E-state index contributed by atoms with van der Waals surface area (Å²) in [6.07, 6.45) is 8.41. The molecule has 86 valence electrons. The van der Waals surface area contributed by atoms with Crippen LogP contribution in [0.25, 0.3) is 0 Å². The molecule has 0 radical (unpaired) electrons. The lowest BCUT2D eigenvalue weighted by molar-refractivity contribution is -0.121. The number of hydrogen-bond donors (Lipinski definition) is 2. The van der Waals surface area contributed by atoms with E-state index in [2.05, 4.69) is 16.6 Å². The highest BCUT2D eigenvalue weighted by atomic mass is 16.1. The van der Waals surface area contributed by atoms with E-state index in [0.29, 0.717) is 6.42 Å². The highest BCUT2D eigenvalue weighted by Crippen LogP contribution is 1.93. The molecular weight excluding hydrogens is 188 g/mol. The van der Waals surface area contributed by atoms with Gasteiger partial charge in [-0.2, -0.15) is 0 Å². The van der Waals surface area contributed by atoms with Crippen LogP contribution in [-0.2, 0) is 4.79 Å². The lowest BCUT2D eigenvalue weighted by atomic mass is 10.2. The van der Waals surface area contributed by atoms with E-state index in [1.807, 2.05) is 13.8 Å². The Balaban J connectivity index is 3.37. The zero-order valence-corrected chi connectivity index (χ0v) is 9.81. The van der Waals surface area contributed by atoms with E-state index in [1.54, 1.807) is 0 Å². The number of unbranched alkanes of at least 4 members (excludes halogenated alkanes) is 2. The molecule has 0 aromatic carbocycles. The van der Waals surface area contributed by atoms with Crippen molar-refractivity contribution in [3.63, 3.8) is 0 Å². The van der Waals surface area contributed by atoms with Gasteiger partial charge in [0.1, 0.15) is 0 Å². The van der Waals surface area contributed by atoms with Crippen LogP contribution >= 0.6 is 0 Å². The van der Waals surface area contributed by atoms with E-state index in [9.17, 15) is 4.79 Å². The molecule has 0 bridgehead atoms. The summed E-state index contributed by atoms with van der Waals surface area (Å²) in [6, 6.07) is 0.251. The molecule has 0 aliphatic rings. The zero-order valence-electron chi connectivity index (χ0n) is 9.81. The molecule has 2 N–H and O–H groups in total. The average molecular weight is 210 g/mol. The lowest BCUT2D eigenvalue weighted by Crippen LogP contribution is -2.34. The quantitative estimate of drug-likeness (QED) is 0.468. The molecule has 3 nitrogen and oxygen atoms in total. The first kappa shape index (κ1) is 14.0. The van der Waals surface area contributed by atoms with E-state index >= 15 is 0 Å². The van der Waals surface area contributed by atoms with E-state index in [1.165, 1.54) is 0 Å². The van der Waals surface area contributed by atoms with Crippen molar-refractivity contribution < 1.29 is 4.79 Å². The number of nitrogens with one attached hydrogen (secondary N) is 2. The van der Waals surface area contributed by atoms with Crippen LogP contribution in [0.1, 0.15) is 39.5 Å². The SMILES string of the molecule is C#CCCCCNC(=O)CC(C)NCC. The van der Waals surface area contributed by atoms with Gasteiger partial charge in [0.25, 0.3) is 0 Å². The molecule has 1 amide bonds. The summed E-state index contributed by atoms with van der Waals surface area (Å²) in [5.74, 6) is 2.70. The van der Waals surface area contributed by atoms with Gasteiger partial charge in [-0.25, -0.2) is 0 Å². The average Bonchev–Trinajstić information content (AvgIpc) is 2.17. The maximum absolute atomic E-state index is 11.4. The lowest BCUT2D eigenvalue weighted by Gasteiger charge is -2.11. The fourth-order valence-corrected chi connectivity index (χ4v) is 1.35. The fraction of sp³-hybridized carbons (Fsp3) is 0.750. The second-order valence-electron chi connectivity index (χ2n) is 3.67. The molecule has 0 saturated carbocycles. The highest BCUT2D eigenvalue weighted by molar-refractivity contribution is 5.76. The van der Waals surface area contributed by atoms with Crippen molar-refractivity contribution in [3.05, 3.63) is 0 Å². The smallest absolute Gasteiger partial charge is 0.221 e. The Bertz CT molecular complexity index is 208. The van der Waals surface area contributed by atoms with Crippen molar-refractivity contribution in [2.45, 2.75) is 45.6 Å². The number of carbonyl (C=O) groups excluding carboxylic acids is 1. The third-order valence-electron chi connectivity index (χ3n) is 2.11. The minimum absolute atomic E-state index is 0.115. The Morgan fingerprint density at radius 1 is 1.47 bits per heavy atom. The summed E-state index contributed by atoms with van der Waals surface area (Å²) in [5.41, 5.74) is 0. The fourth-order valence-electron chi connectivity index (χ4n) is 1.35. The van der Waals surface area contributed by atoms with Gasteiger partial charge in [-0.3, -0.25) is 4.79 Å². The Morgan fingerprint density at radius 3 is 2.80 bits per heavy atom. The zero-order chi connectivity index (χ0) is 11.5. The van der Waals surface area contributed by atoms with Crippen LogP contribution < -0.4 is 10.6 Å². The van der Waals surface area contributed by atoms with Crippen molar-refractivity contribution in [1.82, 2.24) is 10.6 Å². The first-order valence-electron chi connectivity index (χ1n) is 5.64. The number of amides is 1. The molecular formula is C12H22N2O. The third kappa shape index (κ3) is 9.30. The summed E-state index contributed by atoms with van der Waals surface area (Å²) in [4.78, 5) is 11.4. The van der Waals surface area contributed by atoms with E-state index in [-0.39, 0.29) is 11.9 Å². The first-order chi connectivity index (χ1) is 7.20. The largest absolute Gasteiger partial charge is 0.356 e. The Kier molecular flexibility index (Phi) is 8.90. The topological polar surface area (TPSA) is 41.1 Å². The normalized spacial score (nSPS) is 11.8. The van der Waals surface area contributed by atoms with Crippen LogP contribution in [0.4, 0.5) is 0 Å². The number of hydrogen-bond acceptors (Lipinski definition) is 2. The van der Waals surface area contributed by atoms with Crippen molar-refractivity contribution in [3.8, 4) is 12.3 Å². The van der Waals surface area contributed by atoms with Crippen molar-refractivity contribution in [2.24, 2.45) is 0 Å². The van der Waals surface area contributed by atoms with Crippen molar-refractivity contribution in [1.29, 1.82) is 0 Å². The van der Waals surface area contributed by atoms with Gasteiger partial charge in [0.2, 0.25) is 5.91 Å². The van der Waals surface area contributed by atoms with Gasteiger partial charge in [-0.1, -0.05) is 6.92 Å². The van der Waals surface area contributed by atoms with Crippen LogP contribution in [0.2, 0.25) is 0 Å². The van der Waals surface area contributed by atoms with Crippen LogP contribution in [0.15, 0.2) is 0 Å². The van der Waals surface area contributed by atoms with Crippen LogP contribution in [0.5, 0.6) is 0 Å². The molecule has 0 fully saturated rings. The predicted octanol–water partition coefficient (Wildman–Crippen LogP) is 1.29. The minimum atomic E-state index is 0.115. The molecule has 0 spiro atoms. The third-order valence-corrected chi connectivity index (χ3v) is 2.11. The van der Waals surface area contributed by atoms with Crippen molar-refractivity contribution in [2.75, 3.05) is 13.1 Å². The number of carbonyl (C=O) groups is 1. The van der Waals surface area contributed by atoms with Crippen LogP contribution in [0, 0.1) is 12.3 Å². The van der Waals surface area contributed by atoms with Gasteiger partial charge >= 0.3 is 0 Å². The van der Waals surface area contributed by atoms with Crippen molar-refractivity contribution >= 4 is 5.91 Å². The monoisotopic (exact) mass is 210 g/mol. The minimum Gasteiger partial charge on any atom is -0.356 e. The highest BCUT2D eigenvalue weighted by Gasteiger charge is 2.06. The molecule has 0 aromatic heterocycles. The van der Waals surface area contributed by atoms with Gasteiger partial charge in [-0.15, -0.1) is 12.3 Å². The maximum atomic E-state index is 11.4. The Labute approximate surface area is 93.0 Å². The van der Waals surface area contributed by atoms with Gasteiger partial charge in [0, 0.05) is 25.4 Å². The van der Waals surface area contributed by atoms with Gasteiger partial charge in [-0.05, 0) is 26.3 Å². The second kappa shape index (κ2) is 9.54. The predicted molar refractivity (Wildman–Crippen MR) is 63.4 cm³/mol. The van der Waals surface area contributed by atoms with E-state index in [0.717, 1.165) is 32.4 Å². The van der Waals surface area contributed by atoms with Crippen LogP contribution in [0.3, 0.4) is 0 Å². The molecule has 0 aliphatic heterocycles. The summed E-state index contributed by atoms with van der Waals surface area (Å²) in [6.45, 7) is 5.69. The molecule has 0 saturated heterocycles. The molecule has 0 aromatic rings. The van der Waals surface area contributed by atoms with Crippen LogP contribution in [-0.4, -0.2) is 25.0 Å². The number of rotatable bonds is 8. The van der Waals surface area contributed by atoms with E-state index in [4.69, 9.17) is 6.42 Å². The molecule has 0 aliphatic carbocycles. The first-order valence-corrected chi connectivity index (χ1v) is 5.64. The second-order valence-corrected chi connectivity index (χ2v) is 3.67. The molecule has 0 heterocycles. The van der Waals surface area contributed by atoms with Gasteiger partial charge in [0.15, 0.2) is 0 Å². The summed E-state index contributed by atoms with van der Waals surface area (Å²) < 4.78 is 0. The standard InChI is InChI=1S/C12H22N2O/c1-4-6-7-8-9-14-12(15)10-11(3)13-5-2/h1,11,13H,5-10H2,2-3H3,(H,14,15). The summed E-state index contributed by atoms with van der Waals surface area (Å²) >= 11 is 0. The maximum Gasteiger partial charge on any atom is 0.221 e. The van der Waals surface area contributed by atoms with Gasteiger partial charge < -0.3 is 10.6 Å². The molecule has 15 heavy (non-hydrogen) atoms. The summed E-state index contributed by atoms with van der Waals surface area (Å²) in [5, 5.41) is 6.08. The molecule has 1 unspecified atom stereocenters. The molecule has 3 heteroatoms. The molecule has 0 rings (SSSR count).